The van der Waals surface area contributed by atoms with Gasteiger partial charge < -0.3 is 24.0 Å². The van der Waals surface area contributed by atoms with Crippen molar-refractivity contribution in [1.29, 1.82) is 0 Å². The minimum absolute atomic E-state index is 0.0603. The molecule has 0 saturated heterocycles. The molecule has 6 nitrogen and oxygen atoms in total. The molecule has 38 heavy (non-hydrogen) atoms. The first-order chi connectivity index (χ1) is 16.7. The van der Waals surface area contributed by atoms with E-state index in [4.69, 9.17) is 9.16 Å². The van der Waals surface area contributed by atoms with Crippen LogP contribution in [0.2, 0.25) is 36.3 Å². The standard InChI is InChI=1S/C30H57NO5Si2/c1-27(2,3)31(26(33)36-28(4,5)6)20-24(19-30(10,11)37(12,13)34)22-16-17-25(32)23(18-22)21-35-38(14,15)29(7,8)9/h16-18,24,32,34H,19-21H2,1-15H3. The second-order valence-electron chi connectivity index (χ2n) is 15.5. The zero-order valence-corrected chi connectivity index (χ0v) is 29.0. The molecule has 1 amide bonds. The van der Waals surface area contributed by atoms with Gasteiger partial charge in [0.15, 0.2) is 16.6 Å². The summed E-state index contributed by atoms with van der Waals surface area (Å²) in [5.41, 5.74) is 0.681. The topological polar surface area (TPSA) is 79.2 Å². The Morgan fingerprint density at radius 3 is 1.89 bits per heavy atom. The van der Waals surface area contributed by atoms with Gasteiger partial charge in [-0.1, -0.05) is 40.7 Å². The molecule has 0 saturated carbocycles. The second-order valence-corrected chi connectivity index (χ2v) is 24.8. The normalized spacial score (nSPS) is 14.8. The highest BCUT2D eigenvalue weighted by Gasteiger charge is 2.42. The molecule has 0 aromatic heterocycles. The van der Waals surface area contributed by atoms with Crippen LogP contribution in [0.5, 0.6) is 5.75 Å². The number of carbonyl (C=O) groups excluding carboxylic acids is 1. The highest BCUT2D eigenvalue weighted by Crippen LogP contribution is 2.45. The summed E-state index contributed by atoms with van der Waals surface area (Å²) in [6.45, 7) is 31.6. The van der Waals surface area contributed by atoms with Gasteiger partial charge in [-0.25, -0.2) is 4.79 Å². The van der Waals surface area contributed by atoms with E-state index in [1.807, 2.05) is 66.8 Å². The molecule has 0 aliphatic heterocycles. The van der Waals surface area contributed by atoms with E-state index < -0.39 is 27.8 Å². The zero-order chi connectivity index (χ0) is 30.1. The third-order valence-corrected chi connectivity index (χ3v) is 16.2. The highest BCUT2D eigenvalue weighted by molar-refractivity contribution is 6.74. The summed E-state index contributed by atoms with van der Waals surface area (Å²) >= 11 is 0. The molecule has 1 rings (SSSR count). The maximum atomic E-state index is 13.4. The predicted molar refractivity (Wildman–Crippen MR) is 164 cm³/mol. The van der Waals surface area contributed by atoms with Gasteiger partial charge in [0.25, 0.3) is 0 Å². The molecule has 0 fully saturated rings. The van der Waals surface area contributed by atoms with Crippen molar-refractivity contribution in [3.05, 3.63) is 29.3 Å². The van der Waals surface area contributed by atoms with E-state index in [1.54, 1.807) is 11.0 Å². The van der Waals surface area contributed by atoms with Gasteiger partial charge in [0, 0.05) is 23.6 Å². The molecule has 1 atom stereocenters. The summed E-state index contributed by atoms with van der Waals surface area (Å²) < 4.78 is 12.2. The summed E-state index contributed by atoms with van der Waals surface area (Å²) in [5.74, 6) is 0.130. The van der Waals surface area contributed by atoms with Gasteiger partial charge in [-0.05, 0) is 102 Å². The minimum atomic E-state index is -2.53. The number of phenols is 1. The van der Waals surface area contributed by atoms with Gasteiger partial charge in [0.05, 0.1) is 6.61 Å². The number of carbonyl (C=O) groups is 1. The van der Waals surface area contributed by atoms with Crippen LogP contribution in [0, 0.1) is 0 Å². The van der Waals surface area contributed by atoms with Crippen molar-refractivity contribution in [2.45, 2.75) is 143 Å². The van der Waals surface area contributed by atoms with Gasteiger partial charge in [-0.15, -0.1) is 0 Å². The van der Waals surface area contributed by atoms with E-state index in [0.29, 0.717) is 19.6 Å². The number of nitrogens with zero attached hydrogens (tertiary/aromatic N) is 1. The largest absolute Gasteiger partial charge is 0.508 e. The Morgan fingerprint density at radius 2 is 1.47 bits per heavy atom. The number of ether oxygens (including phenoxy) is 1. The lowest BCUT2D eigenvalue weighted by molar-refractivity contribution is 0.00397. The summed E-state index contributed by atoms with van der Waals surface area (Å²) in [7, 11) is -4.55. The number of benzene rings is 1. The highest BCUT2D eigenvalue weighted by atomic mass is 28.4. The van der Waals surface area contributed by atoms with Crippen LogP contribution in [0.3, 0.4) is 0 Å². The molecule has 0 heterocycles. The average Bonchev–Trinajstić information content (AvgIpc) is 2.66. The van der Waals surface area contributed by atoms with Crippen LogP contribution < -0.4 is 0 Å². The predicted octanol–water partition coefficient (Wildman–Crippen LogP) is 8.40. The van der Waals surface area contributed by atoms with Crippen molar-refractivity contribution < 1.29 is 23.9 Å². The van der Waals surface area contributed by atoms with Gasteiger partial charge in [-0.3, -0.25) is 0 Å². The lowest BCUT2D eigenvalue weighted by atomic mass is 9.87. The van der Waals surface area contributed by atoms with E-state index in [9.17, 15) is 14.7 Å². The summed E-state index contributed by atoms with van der Waals surface area (Å²) in [5, 5.41) is 10.5. The molecular formula is C30H57NO5Si2. The number of phenolic OH excluding ortho intramolecular Hbond substituents is 1. The number of amides is 1. The third-order valence-electron chi connectivity index (χ3n) is 8.21. The lowest BCUT2D eigenvalue weighted by Gasteiger charge is -2.42. The maximum Gasteiger partial charge on any atom is 0.410 e. The fourth-order valence-corrected chi connectivity index (χ4v) is 5.46. The zero-order valence-electron chi connectivity index (χ0n) is 27.0. The average molecular weight is 568 g/mol. The van der Waals surface area contributed by atoms with Gasteiger partial charge in [0.2, 0.25) is 0 Å². The molecule has 8 heteroatoms. The van der Waals surface area contributed by atoms with Crippen LogP contribution in [-0.4, -0.2) is 55.2 Å². The van der Waals surface area contributed by atoms with E-state index in [1.165, 1.54) is 0 Å². The van der Waals surface area contributed by atoms with E-state index in [-0.39, 0.29) is 27.8 Å². The Bertz CT molecular complexity index is 947. The van der Waals surface area contributed by atoms with Crippen LogP contribution in [0.1, 0.15) is 99.6 Å². The second kappa shape index (κ2) is 11.6. The molecule has 0 spiro atoms. The van der Waals surface area contributed by atoms with Crippen LogP contribution in [0.15, 0.2) is 18.2 Å². The Kier molecular flexibility index (Phi) is 10.6. The van der Waals surface area contributed by atoms with E-state index in [2.05, 4.69) is 47.7 Å². The molecule has 1 aromatic rings. The molecular weight excluding hydrogens is 511 g/mol. The van der Waals surface area contributed by atoms with E-state index >= 15 is 0 Å². The van der Waals surface area contributed by atoms with Crippen molar-refractivity contribution in [3.63, 3.8) is 0 Å². The van der Waals surface area contributed by atoms with Crippen molar-refractivity contribution in [3.8, 4) is 5.75 Å². The summed E-state index contributed by atoms with van der Waals surface area (Å²) in [6.07, 6.45) is 0.333. The number of hydrogen-bond acceptors (Lipinski definition) is 5. The van der Waals surface area contributed by atoms with Crippen LogP contribution in [-0.2, 0) is 15.8 Å². The van der Waals surface area contributed by atoms with Crippen LogP contribution in [0.25, 0.3) is 0 Å². The molecule has 1 aromatic carbocycles. The van der Waals surface area contributed by atoms with E-state index in [0.717, 1.165) is 11.1 Å². The van der Waals surface area contributed by atoms with Gasteiger partial charge in [0.1, 0.15) is 11.4 Å². The van der Waals surface area contributed by atoms with Gasteiger partial charge in [-0.2, -0.15) is 0 Å². The smallest absolute Gasteiger partial charge is 0.410 e. The Hall–Kier alpha value is -1.36. The van der Waals surface area contributed by atoms with Crippen molar-refractivity contribution in [1.82, 2.24) is 4.90 Å². The monoisotopic (exact) mass is 567 g/mol. The quantitative estimate of drug-likeness (QED) is 0.293. The first-order valence-electron chi connectivity index (χ1n) is 13.9. The molecule has 0 bridgehead atoms. The molecule has 0 radical (unpaired) electrons. The lowest BCUT2D eigenvalue weighted by Crippen LogP contribution is -2.50. The van der Waals surface area contributed by atoms with Gasteiger partial charge >= 0.3 is 6.09 Å². The first-order valence-corrected chi connectivity index (χ1v) is 19.7. The maximum absolute atomic E-state index is 13.4. The number of aromatic hydroxyl groups is 1. The van der Waals surface area contributed by atoms with Crippen molar-refractivity contribution in [2.75, 3.05) is 6.54 Å². The fourth-order valence-electron chi connectivity index (χ4n) is 3.76. The number of rotatable bonds is 9. The Balaban J connectivity index is 3.54. The summed E-state index contributed by atoms with van der Waals surface area (Å²) in [4.78, 5) is 26.3. The SMILES string of the molecule is CC(C)(C)OC(=O)N(CC(CC(C)(C)[Si](C)(C)O)c1ccc(O)c(CO[Si](C)(C)C(C)(C)C)c1)C(C)(C)C. The molecule has 220 valence electrons. The fraction of sp³-hybridized carbons (Fsp3) is 0.767. The molecule has 2 N–H and O–H groups in total. The molecule has 1 unspecified atom stereocenters. The van der Waals surface area contributed by atoms with Crippen LogP contribution >= 0.6 is 0 Å². The first kappa shape index (κ1) is 34.7. The Morgan fingerprint density at radius 1 is 0.947 bits per heavy atom. The Labute approximate surface area is 235 Å². The van der Waals surface area contributed by atoms with Crippen molar-refractivity contribution >= 4 is 22.7 Å². The summed E-state index contributed by atoms with van der Waals surface area (Å²) in [6, 6.07) is 5.69. The number of hydrogen-bond donors (Lipinski definition) is 2. The molecule has 0 aliphatic rings. The van der Waals surface area contributed by atoms with Crippen molar-refractivity contribution in [2.24, 2.45) is 0 Å². The molecule has 0 aliphatic carbocycles. The van der Waals surface area contributed by atoms with Crippen LogP contribution in [0.4, 0.5) is 4.79 Å². The third kappa shape index (κ3) is 9.68. The minimum Gasteiger partial charge on any atom is -0.508 e.